The average Bonchev–Trinajstić information content (AvgIpc) is 2.41. The molecule has 0 aliphatic rings. The molecule has 0 fully saturated rings. The summed E-state index contributed by atoms with van der Waals surface area (Å²) in [6.45, 7) is 0. The van der Waals surface area contributed by atoms with Crippen molar-refractivity contribution in [2.75, 3.05) is 0 Å². The molecule has 2 rings (SSSR count). The van der Waals surface area contributed by atoms with Gasteiger partial charge < -0.3 is 0 Å². The maximum Gasteiger partial charge on any atom is 0.0154 e. The molecular formula is C14H16PbS2. The van der Waals surface area contributed by atoms with Crippen molar-refractivity contribution in [3.05, 3.63) is 71.8 Å². The molecule has 2 aromatic rings. The summed E-state index contributed by atoms with van der Waals surface area (Å²) in [5.41, 5.74) is 2.55. The molecular weight excluding hydrogens is 439 g/mol. The summed E-state index contributed by atoms with van der Waals surface area (Å²) in [4.78, 5) is 0. The van der Waals surface area contributed by atoms with Crippen LogP contribution in [-0.4, -0.2) is 27.3 Å². The van der Waals surface area contributed by atoms with Gasteiger partial charge in [-0.15, -0.1) is 0 Å². The Kier molecular flexibility index (Phi) is 11.2. The third-order valence-corrected chi connectivity index (χ3v) is 2.78. The minimum atomic E-state index is 0. The van der Waals surface area contributed by atoms with E-state index < -0.39 is 0 Å². The fourth-order valence-corrected chi connectivity index (χ4v) is 1.59. The van der Waals surface area contributed by atoms with Crippen LogP contribution in [-0.2, 0) is 11.5 Å². The zero-order valence-electron chi connectivity index (χ0n) is 9.58. The van der Waals surface area contributed by atoms with Crippen LogP contribution in [0.2, 0.25) is 0 Å². The number of hydrogen-bond acceptors (Lipinski definition) is 2. The molecule has 0 aliphatic heterocycles. The van der Waals surface area contributed by atoms with E-state index in [4.69, 9.17) is 0 Å². The molecule has 0 aliphatic carbocycles. The number of hydrogen-bond donors (Lipinski definition) is 2. The monoisotopic (exact) mass is 456 g/mol. The third kappa shape index (κ3) is 7.89. The van der Waals surface area contributed by atoms with Crippen LogP contribution < -0.4 is 0 Å². The zero-order chi connectivity index (χ0) is 11.6. The van der Waals surface area contributed by atoms with E-state index in [2.05, 4.69) is 49.5 Å². The molecule has 0 aromatic heterocycles. The van der Waals surface area contributed by atoms with E-state index in [0.29, 0.717) is 0 Å². The fourth-order valence-electron chi connectivity index (χ4n) is 1.17. The minimum absolute atomic E-state index is 0. The van der Waals surface area contributed by atoms with Gasteiger partial charge >= 0.3 is 0 Å². The largest absolute Gasteiger partial charge is 0.175 e. The van der Waals surface area contributed by atoms with Crippen molar-refractivity contribution in [1.82, 2.24) is 0 Å². The first-order valence-electron chi connectivity index (χ1n) is 5.16. The van der Waals surface area contributed by atoms with Crippen LogP contribution in [0.3, 0.4) is 0 Å². The number of thiol groups is 2. The summed E-state index contributed by atoms with van der Waals surface area (Å²) < 4.78 is 0. The van der Waals surface area contributed by atoms with Crippen molar-refractivity contribution in [3.63, 3.8) is 0 Å². The van der Waals surface area contributed by atoms with Crippen LogP contribution in [0.1, 0.15) is 11.1 Å². The van der Waals surface area contributed by atoms with Gasteiger partial charge in [-0.2, -0.15) is 25.3 Å². The molecule has 0 unspecified atom stereocenters. The number of benzene rings is 2. The third-order valence-electron chi connectivity index (χ3n) is 2.05. The summed E-state index contributed by atoms with van der Waals surface area (Å²) in [5, 5.41) is 0. The SMILES string of the molecule is SCc1ccccc1.SCc1ccccc1.[Pb]. The van der Waals surface area contributed by atoms with E-state index >= 15 is 0 Å². The molecule has 0 amide bonds. The molecule has 0 saturated heterocycles. The molecule has 4 radical (unpaired) electrons. The first kappa shape index (κ1) is 17.1. The van der Waals surface area contributed by atoms with E-state index in [1.54, 1.807) is 0 Å². The van der Waals surface area contributed by atoms with Crippen molar-refractivity contribution in [1.29, 1.82) is 0 Å². The fraction of sp³-hybridized carbons (Fsp3) is 0.143. The molecule has 0 saturated carbocycles. The molecule has 0 nitrogen and oxygen atoms in total. The smallest absolute Gasteiger partial charge is 0.0154 e. The van der Waals surface area contributed by atoms with E-state index in [1.165, 1.54) is 11.1 Å². The van der Waals surface area contributed by atoms with Crippen molar-refractivity contribution in [3.8, 4) is 0 Å². The van der Waals surface area contributed by atoms with Gasteiger partial charge in [0.15, 0.2) is 0 Å². The Morgan fingerprint density at radius 3 is 1.06 bits per heavy atom. The van der Waals surface area contributed by atoms with Crippen LogP contribution in [0.15, 0.2) is 60.7 Å². The van der Waals surface area contributed by atoms with E-state index in [1.807, 2.05) is 36.4 Å². The van der Waals surface area contributed by atoms with Gasteiger partial charge in [-0.05, 0) is 11.1 Å². The average molecular weight is 456 g/mol. The van der Waals surface area contributed by atoms with Gasteiger partial charge in [0.1, 0.15) is 0 Å². The quantitative estimate of drug-likeness (QED) is 0.499. The second kappa shape index (κ2) is 11.2. The van der Waals surface area contributed by atoms with Gasteiger partial charge in [0.05, 0.1) is 0 Å². The van der Waals surface area contributed by atoms with Crippen LogP contribution in [0.25, 0.3) is 0 Å². The van der Waals surface area contributed by atoms with Gasteiger partial charge in [0.2, 0.25) is 0 Å². The molecule has 0 heterocycles. The minimum Gasteiger partial charge on any atom is -0.175 e. The van der Waals surface area contributed by atoms with Gasteiger partial charge in [0, 0.05) is 38.8 Å². The topological polar surface area (TPSA) is 0 Å². The number of rotatable bonds is 2. The van der Waals surface area contributed by atoms with Gasteiger partial charge in [-0.1, -0.05) is 60.7 Å². The molecule has 0 spiro atoms. The Hall–Kier alpha value is 0.0621. The predicted octanol–water partition coefficient (Wildman–Crippen LogP) is 3.85. The van der Waals surface area contributed by atoms with E-state index in [9.17, 15) is 0 Å². The van der Waals surface area contributed by atoms with E-state index in [0.717, 1.165) is 11.5 Å². The second-order valence-corrected chi connectivity index (χ2v) is 3.92. The normalized spacial score (nSPS) is 8.59. The van der Waals surface area contributed by atoms with Gasteiger partial charge in [-0.25, -0.2) is 0 Å². The summed E-state index contributed by atoms with van der Waals surface area (Å²) in [7, 11) is 0. The van der Waals surface area contributed by atoms with Crippen LogP contribution >= 0.6 is 25.3 Å². The van der Waals surface area contributed by atoms with Crippen LogP contribution in [0, 0.1) is 0 Å². The summed E-state index contributed by atoms with van der Waals surface area (Å²) in [6, 6.07) is 20.3. The van der Waals surface area contributed by atoms with Crippen LogP contribution in [0.4, 0.5) is 0 Å². The van der Waals surface area contributed by atoms with E-state index in [-0.39, 0.29) is 27.3 Å². The van der Waals surface area contributed by atoms with Crippen molar-refractivity contribution in [2.45, 2.75) is 11.5 Å². The van der Waals surface area contributed by atoms with Crippen molar-refractivity contribution in [2.24, 2.45) is 0 Å². The van der Waals surface area contributed by atoms with Gasteiger partial charge in [0.25, 0.3) is 0 Å². The molecule has 0 atom stereocenters. The molecule has 2 aromatic carbocycles. The molecule has 17 heavy (non-hydrogen) atoms. The van der Waals surface area contributed by atoms with Crippen LogP contribution in [0.5, 0.6) is 0 Å². The summed E-state index contributed by atoms with van der Waals surface area (Å²) in [6.07, 6.45) is 0. The maximum absolute atomic E-state index is 4.11. The first-order valence-corrected chi connectivity index (χ1v) is 6.43. The summed E-state index contributed by atoms with van der Waals surface area (Å²) in [5.74, 6) is 1.67. The molecule has 0 N–H and O–H groups in total. The summed E-state index contributed by atoms with van der Waals surface area (Å²) >= 11 is 8.22. The Balaban J connectivity index is 0.000000284. The maximum atomic E-state index is 4.11. The second-order valence-electron chi connectivity index (χ2n) is 3.29. The first-order chi connectivity index (χ1) is 7.86. The predicted molar refractivity (Wildman–Crippen MR) is 84.0 cm³/mol. The Labute approximate surface area is 135 Å². The Morgan fingerprint density at radius 2 is 0.882 bits per heavy atom. The Bertz CT molecular complexity index is 336. The molecule has 88 valence electrons. The standard InChI is InChI=1S/2C7H8S.Pb/c2*8-6-7-4-2-1-3-5-7;/h2*1-5,8H,6H2;. The molecule has 3 heteroatoms. The van der Waals surface area contributed by atoms with Crippen molar-refractivity contribution >= 4 is 52.6 Å². The molecule has 0 bridgehead atoms. The van der Waals surface area contributed by atoms with Gasteiger partial charge in [-0.3, -0.25) is 0 Å². The van der Waals surface area contributed by atoms with Crippen molar-refractivity contribution < 1.29 is 0 Å². The Morgan fingerprint density at radius 1 is 0.588 bits per heavy atom. The zero-order valence-corrected chi connectivity index (χ0v) is 15.3.